The fourth-order valence-electron chi connectivity index (χ4n) is 3.84. The number of allylic oxidation sites excluding steroid dienone is 1. The number of fused-ring (bicyclic) bond motifs is 1. The molecule has 0 saturated carbocycles. The van der Waals surface area contributed by atoms with Gasteiger partial charge >= 0.3 is 5.97 Å². The number of nitrogens with zero attached hydrogens (tertiary/aromatic N) is 3. The van der Waals surface area contributed by atoms with Gasteiger partial charge in [-0.3, -0.25) is 19.5 Å². The van der Waals surface area contributed by atoms with Crippen LogP contribution in [0.25, 0.3) is 17.5 Å². The molecule has 3 aromatic rings. The number of hydrogen-bond acceptors (Lipinski definition) is 8. The van der Waals surface area contributed by atoms with Crippen LogP contribution in [0.5, 0.6) is 0 Å². The lowest BCUT2D eigenvalue weighted by atomic mass is 10.0. The number of nitrogens with one attached hydrogen (secondary N) is 1. The highest BCUT2D eigenvalue weighted by atomic mass is 32.2. The maximum Gasteiger partial charge on any atom is 0.352 e. The van der Waals surface area contributed by atoms with Gasteiger partial charge in [-0.15, -0.1) is 23.5 Å². The summed E-state index contributed by atoms with van der Waals surface area (Å²) in [5.41, 5.74) is 1.59. The van der Waals surface area contributed by atoms with Crippen LogP contribution in [0.3, 0.4) is 0 Å². The molecule has 0 radical (unpaired) electrons. The van der Waals surface area contributed by atoms with Gasteiger partial charge in [-0.2, -0.15) is 0 Å². The normalized spacial score (nSPS) is 19.2. The molecule has 182 valence electrons. The van der Waals surface area contributed by atoms with Gasteiger partial charge in [-0.25, -0.2) is 4.79 Å². The topological polar surface area (TPSA) is 126 Å². The fraction of sp³-hybridized carbons (Fsp3) is 0.160. The molecule has 11 heteroatoms. The molecular formula is C25H20N4O5S2. The molecule has 36 heavy (non-hydrogen) atoms. The fourth-order valence-corrected chi connectivity index (χ4v) is 5.89. The standard InChI is InChI=1S/C25H20N4O5S2/c30-20(14-35-17-6-2-1-3-7-17)27-21-23(31)29-22(25(32)33)15(13-36-24(21)29)9-10-16-12-19(28-34-16)18-8-4-5-11-26-18/h1-12,21,24H,13-14H2,(H,27,30)(H,32,33)/b10-9+/t21-,24?/m1/s1. The molecule has 2 amide bonds. The Labute approximate surface area is 214 Å². The Hall–Kier alpha value is -3.83. The van der Waals surface area contributed by atoms with Gasteiger partial charge in [0, 0.05) is 22.9 Å². The molecule has 1 fully saturated rings. The average Bonchev–Trinajstić information content (AvgIpc) is 3.39. The van der Waals surface area contributed by atoms with Crippen molar-refractivity contribution in [2.45, 2.75) is 16.3 Å². The number of carboxylic acid groups (broad SMARTS) is 1. The smallest absolute Gasteiger partial charge is 0.352 e. The second-order valence-electron chi connectivity index (χ2n) is 7.90. The molecule has 5 rings (SSSR count). The van der Waals surface area contributed by atoms with E-state index in [4.69, 9.17) is 4.52 Å². The maximum absolute atomic E-state index is 12.8. The summed E-state index contributed by atoms with van der Waals surface area (Å²) in [5.74, 6) is -0.966. The lowest BCUT2D eigenvalue weighted by Gasteiger charge is -2.49. The molecule has 2 aliphatic rings. The van der Waals surface area contributed by atoms with E-state index in [0.717, 1.165) is 4.90 Å². The lowest BCUT2D eigenvalue weighted by molar-refractivity contribution is -0.150. The molecule has 0 aliphatic carbocycles. The summed E-state index contributed by atoms with van der Waals surface area (Å²) >= 11 is 2.77. The number of carboxylic acids is 1. The number of pyridine rings is 1. The highest BCUT2D eigenvalue weighted by Gasteiger charge is 2.53. The zero-order valence-corrected chi connectivity index (χ0v) is 20.4. The molecule has 2 N–H and O–H groups in total. The van der Waals surface area contributed by atoms with Crippen LogP contribution >= 0.6 is 23.5 Å². The molecule has 1 aromatic carbocycles. The van der Waals surface area contributed by atoms with Crippen LogP contribution in [0.2, 0.25) is 0 Å². The summed E-state index contributed by atoms with van der Waals surface area (Å²) in [7, 11) is 0. The molecule has 0 bridgehead atoms. The SMILES string of the molecule is O=C(CSc1ccccc1)N[C@@H]1C(=O)N2C(C(=O)O)=C(/C=C/c3cc(-c4ccccn4)no3)CSC12. The van der Waals surface area contributed by atoms with Gasteiger partial charge in [-0.05, 0) is 35.9 Å². The Kier molecular flexibility index (Phi) is 6.92. The first-order chi connectivity index (χ1) is 17.5. The van der Waals surface area contributed by atoms with Gasteiger partial charge in [0.1, 0.15) is 22.8 Å². The number of aliphatic carboxylic acids is 1. The van der Waals surface area contributed by atoms with Gasteiger partial charge in [0.25, 0.3) is 5.91 Å². The van der Waals surface area contributed by atoms with Crippen LogP contribution < -0.4 is 5.32 Å². The van der Waals surface area contributed by atoms with E-state index in [1.807, 2.05) is 36.4 Å². The monoisotopic (exact) mass is 520 g/mol. The Balaban J connectivity index is 1.26. The summed E-state index contributed by atoms with van der Waals surface area (Å²) in [5, 5.41) is 16.1. The van der Waals surface area contributed by atoms with Crippen LogP contribution in [0.4, 0.5) is 0 Å². The van der Waals surface area contributed by atoms with E-state index in [1.165, 1.54) is 28.4 Å². The van der Waals surface area contributed by atoms with E-state index in [9.17, 15) is 19.5 Å². The second-order valence-corrected chi connectivity index (χ2v) is 10.1. The number of carbonyl (C=O) groups excluding carboxylic acids is 2. The van der Waals surface area contributed by atoms with Gasteiger partial charge in [0.05, 0.1) is 11.4 Å². The van der Waals surface area contributed by atoms with Crippen LogP contribution in [0, 0.1) is 0 Å². The first-order valence-corrected chi connectivity index (χ1v) is 13.0. The highest BCUT2D eigenvalue weighted by molar-refractivity contribution is 8.00. The zero-order valence-electron chi connectivity index (χ0n) is 18.7. The summed E-state index contributed by atoms with van der Waals surface area (Å²) in [4.78, 5) is 43.7. The minimum absolute atomic E-state index is 0.0892. The van der Waals surface area contributed by atoms with Gasteiger partial charge in [0.15, 0.2) is 5.76 Å². The number of aromatic nitrogens is 2. The number of rotatable bonds is 8. The van der Waals surface area contributed by atoms with Crippen molar-refractivity contribution in [1.82, 2.24) is 20.4 Å². The Morgan fingerprint density at radius 3 is 2.72 bits per heavy atom. The molecule has 2 aromatic heterocycles. The summed E-state index contributed by atoms with van der Waals surface area (Å²) in [6.45, 7) is 0. The second kappa shape index (κ2) is 10.4. The lowest BCUT2D eigenvalue weighted by Crippen LogP contribution is -2.70. The first-order valence-electron chi connectivity index (χ1n) is 11.0. The van der Waals surface area contributed by atoms with Crippen molar-refractivity contribution in [3.05, 3.63) is 83.9 Å². The van der Waals surface area contributed by atoms with E-state index in [2.05, 4.69) is 15.5 Å². The third kappa shape index (κ3) is 4.93. The van der Waals surface area contributed by atoms with Crippen LogP contribution in [-0.4, -0.2) is 60.9 Å². The van der Waals surface area contributed by atoms with Crippen molar-refractivity contribution >= 4 is 47.4 Å². The molecular weight excluding hydrogens is 500 g/mol. The number of hydrogen-bond donors (Lipinski definition) is 2. The minimum atomic E-state index is -1.20. The number of thioether (sulfide) groups is 2. The quantitative estimate of drug-likeness (QED) is 0.340. The number of carbonyl (C=O) groups is 3. The molecule has 0 spiro atoms. The molecule has 1 unspecified atom stereocenters. The molecule has 9 nitrogen and oxygen atoms in total. The Morgan fingerprint density at radius 2 is 1.97 bits per heavy atom. The van der Waals surface area contributed by atoms with Gasteiger partial charge < -0.3 is 14.9 Å². The maximum atomic E-state index is 12.8. The third-order valence-electron chi connectivity index (χ3n) is 5.53. The minimum Gasteiger partial charge on any atom is -0.477 e. The largest absolute Gasteiger partial charge is 0.477 e. The van der Waals surface area contributed by atoms with Crippen molar-refractivity contribution in [2.75, 3.05) is 11.5 Å². The van der Waals surface area contributed by atoms with Crippen LogP contribution in [-0.2, 0) is 14.4 Å². The predicted octanol–water partition coefficient (Wildman–Crippen LogP) is 3.28. The number of β-lactam (4-membered cyclic amide) rings is 1. The van der Waals surface area contributed by atoms with Crippen molar-refractivity contribution in [1.29, 1.82) is 0 Å². The molecule has 1 saturated heterocycles. The summed E-state index contributed by atoms with van der Waals surface area (Å²) in [6.07, 6.45) is 4.88. The summed E-state index contributed by atoms with van der Waals surface area (Å²) < 4.78 is 5.32. The Morgan fingerprint density at radius 1 is 1.17 bits per heavy atom. The van der Waals surface area contributed by atoms with E-state index in [0.29, 0.717) is 28.5 Å². The summed E-state index contributed by atoms with van der Waals surface area (Å²) in [6, 6.07) is 15.9. The Bertz CT molecular complexity index is 1360. The van der Waals surface area contributed by atoms with Crippen molar-refractivity contribution < 1.29 is 24.0 Å². The molecule has 2 atom stereocenters. The highest BCUT2D eigenvalue weighted by Crippen LogP contribution is 2.41. The first kappa shape index (κ1) is 23.9. The van der Waals surface area contributed by atoms with Crippen molar-refractivity contribution in [2.24, 2.45) is 0 Å². The van der Waals surface area contributed by atoms with Crippen molar-refractivity contribution in [3.8, 4) is 11.4 Å². The molecule has 2 aliphatic heterocycles. The van der Waals surface area contributed by atoms with E-state index in [1.54, 1.807) is 36.5 Å². The zero-order chi connectivity index (χ0) is 25.1. The van der Waals surface area contributed by atoms with E-state index < -0.39 is 23.3 Å². The average molecular weight is 521 g/mol. The third-order valence-corrected chi connectivity index (χ3v) is 7.85. The van der Waals surface area contributed by atoms with Crippen LogP contribution in [0.1, 0.15) is 5.76 Å². The van der Waals surface area contributed by atoms with E-state index in [-0.39, 0.29) is 17.4 Å². The predicted molar refractivity (Wildman–Crippen MR) is 136 cm³/mol. The van der Waals surface area contributed by atoms with Crippen LogP contribution in [0.15, 0.2) is 87.6 Å². The number of benzene rings is 1. The van der Waals surface area contributed by atoms with Gasteiger partial charge in [-0.1, -0.05) is 35.5 Å². The van der Waals surface area contributed by atoms with E-state index >= 15 is 0 Å². The van der Waals surface area contributed by atoms with Crippen molar-refractivity contribution in [3.63, 3.8) is 0 Å². The van der Waals surface area contributed by atoms with Gasteiger partial charge in [0.2, 0.25) is 5.91 Å². The molecule has 4 heterocycles. The number of amides is 2.